The molecule has 38 heavy (non-hydrogen) atoms. The maximum atomic E-state index is 12.8. The van der Waals surface area contributed by atoms with Gasteiger partial charge in [0.2, 0.25) is 5.89 Å². The number of H-pyrrole nitrogens is 1. The summed E-state index contributed by atoms with van der Waals surface area (Å²) in [6.07, 6.45) is 1.75. The van der Waals surface area contributed by atoms with Crippen molar-refractivity contribution in [1.82, 2.24) is 15.2 Å². The summed E-state index contributed by atoms with van der Waals surface area (Å²) in [5, 5.41) is 10.7. The van der Waals surface area contributed by atoms with Gasteiger partial charge in [0.1, 0.15) is 22.4 Å². The summed E-state index contributed by atoms with van der Waals surface area (Å²) in [4.78, 5) is 29.8. The van der Waals surface area contributed by atoms with Gasteiger partial charge in [-0.25, -0.2) is 9.78 Å². The zero-order valence-corrected chi connectivity index (χ0v) is 21.0. The molecule has 3 heterocycles. The third-order valence-corrected chi connectivity index (χ3v) is 6.43. The molecule has 8 nitrogen and oxygen atoms in total. The van der Waals surface area contributed by atoms with Crippen LogP contribution in [0.5, 0.6) is 0 Å². The Hall–Kier alpha value is -4.98. The fraction of sp³-hybridized carbons (Fsp3) is 0.133. The van der Waals surface area contributed by atoms with Gasteiger partial charge in [-0.15, -0.1) is 0 Å². The lowest BCUT2D eigenvalue weighted by Gasteiger charge is -2.18. The number of hydrogen-bond donors (Lipinski definition) is 2. The van der Waals surface area contributed by atoms with Crippen LogP contribution in [0.3, 0.4) is 0 Å². The molecular weight excluding hydrogens is 480 g/mol. The van der Waals surface area contributed by atoms with Gasteiger partial charge in [-0.2, -0.15) is 5.10 Å². The highest BCUT2D eigenvalue weighted by atomic mass is 16.4. The minimum Gasteiger partial charge on any atom is -0.436 e. The Kier molecular flexibility index (Phi) is 5.45. The number of benzene rings is 3. The van der Waals surface area contributed by atoms with Gasteiger partial charge in [-0.05, 0) is 47.4 Å². The highest BCUT2D eigenvalue weighted by Crippen LogP contribution is 2.34. The van der Waals surface area contributed by atoms with Gasteiger partial charge in [0.25, 0.3) is 5.91 Å². The van der Waals surface area contributed by atoms with Crippen LogP contribution in [0, 0.1) is 0 Å². The zero-order valence-electron chi connectivity index (χ0n) is 21.0. The third-order valence-electron chi connectivity index (χ3n) is 6.43. The Morgan fingerprint density at radius 1 is 0.921 bits per heavy atom. The number of oxazole rings is 1. The number of aromatic nitrogens is 3. The average Bonchev–Trinajstić information content (AvgIpc) is 3.55. The topological polar surface area (TPSA) is 114 Å². The van der Waals surface area contributed by atoms with Crippen molar-refractivity contribution < 1.29 is 13.6 Å². The number of para-hydroxylation sites is 1. The number of nitrogens with one attached hydrogen (secondary N) is 2. The van der Waals surface area contributed by atoms with Crippen LogP contribution in [0.15, 0.2) is 92.6 Å². The number of carbonyl (C=O) groups is 1. The molecule has 0 aliphatic carbocycles. The molecule has 0 saturated heterocycles. The van der Waals surface area contributed by atoms with E-state index >= 15 is 0 Å². The number of aromatic amines is 1. The number of anilines is 1. The van der Waals surface area contributed by atoms with E-state index in [1.165, 1.54) is 11.6 Å². The molecule has 8 heteroatoms. The smallest absolute Gasteiger partial charge is 0.349 e. The van der Waals surface area contributed by atoms with Crippen molar-refractivity contribution in [2.45, 2.75) is 26.2 Å². The molecule has 0 atom stereocenters. The fourth-order valence-corrected chi connectivity index (χ4v) is 4.31. The second-order valence-corrected chi connectivity index (χ2v) is 10.1. The molecule has 1 amide bonds. The summed E-state index contributed by atoms with van der Waals surface area (Å²) in [5.41, 5.74) is 5.08. The molecule has 0 spiro atoms. The SMILES string of the molecule is CC(C)(C)c1ccc2oc(-c3c[nH]nc3-c3ccc(NC(=O)c4cc5ccccc5oc4=O)cc3)nc2c1. The average molecular weight is 505 g/mol. The molecular formula is C30H24N4O4. The first-order chi connectivity index (χ1) is 18.3. The van der Waals surface area contributed by atoms with Crippen molar-refractivity contribution in [3.63, 3.8) is 0 Å². The number of fused-ring (bicyclic) bond motifs is 2. The molecule has 0 aliphatic rings. The number of hydrogen-bond acceptors (Lipinski definition) is 6. The van der Waals surface area contributed by atoms with Gasteiger partial charge in [0.15, 0.2) is 5.58 Å². The van der Waals surface area contributed by atoms with Crippen molar-refractivity contribution in [2.75, 3.05) is 5.32 Å². The van der Waals surface area contributed by atoms with Gasteiger partial charge in [0.05, 0.1) is 5.56 Å². The van der Waals surface area contributed by atoms with Crippen LogP contribution in [-0.4, -0.2) is 21.1 Å². The minimum atomic E-state index is -0.688. The molecule has 6 rings (SSSR count). The lowest BCUT2D eigenvalue weighted by Crippen LogP contribution is -2.20. The van der Waals surface area contributed by atoms with Crippen molar-refractivity contribution in [1.29, 1.82) is 0 Å². The number of amides is 1. The Labute approximate surface area is 217 Å². The molecule has 3 aromatic heterocycles. The van der Waals surface area contributed by atoms with Crippen LogP contribution in [0.25, 0.3) is 44.8 Å². The van der Waals surface area contributed by atoms with Crippen LogP contribution < -0.4 is 10.9 Å². The predicted molar refractivity (Wildman–Crippen MR) is 146 cm³/mol. The van der Waals surface area contributed by atoms with Gasteiger partial charge < -0.3 is 14.2 Å². The summed E-state index contributed by atoms with van der Waals surface area (Å²) in [6, 6.07) is 21.8. The predicted octanol–water partition coefficient (Wildman–Crippen LogP) is 6.54. The van der Waals surface area contributed by atoms with E-state index < -0.39 is 11.5 Å². The fourth-order valence-electron chi connectivity index (χ4n) is 4.31. The summed E-state index contributed by atoms with van der Waals surface area (Å²) >= 11 is 0. The van der Waals surface area contributed by atoms with Gasteiger partial charge in [-0.3, -0.25) is 9.89 Å². The first-order valence-electron chi connectivity index (χ1n) is 12.2. The van der Waals surface area contributed by atoms with E-state index in [9.17, 15) is 9.59 Å². The lowest BCUT2D eigenvalue weighted by atomic mass is 9.87. The second-order valence-electron chi connectivity index (χ2n) is 10.1. The summed E-state index contributed by atoms with van der Waals surface area (Å²) in [5.74, 6) is -0.0750. The molecule has 0 saturated carbocycles. The molecule has 3 aromatic carbocycles. The molecule has 2 N–H and O–H groups in total. The number of carbonyl (C=O) groups excluding carboxylic acids is 1. The van der Waals surface area contributed by atoms with Crippen molar-refractivity contribution in [2.24, 2.45) is 0 Å². The molecule has 0 unspecified atom stereocenters. The van der Waals surface area contributed by atoms with E-state index in [0.717, 1.165) is 16.6 Å². The van der Waals surface area contributed by atoms with E-state index in [1.807, 2.05) is 24.3 Å². The summed E-state index contributed by atoms with van der Waals surface area (Å²) in [6.45, 7) is 6.48. The van der Waals surface area contributed by atoms with Crippen molar-refractivity contribution in [3.05, 3.63) is 101 Å². The lowest BCUT2D eigenvalue weighted by molar-refractivity contribution is 0.102. The Bertz CT molecular complexity index is 1870. The first-order valence-corrected chi connectivity index (χ1v) is 12.2. The maximum Gasteiger partial charge on any atom is 0.349 e. The molecule has 0 radical (unpaired) electrons. The highest BCUT2D eigenvalue weighted by molar-refractivity contribution is 6.05. The Morgan fingerprint density at radius 2 is 1.71 bits per heavy atom. The molecule has 6 aromatic rings. The number of rotatable bonds is 4. The van der Waals surface area contributed by atoms with Crippen molar-refractivity contribution >= 4 is 33.7 Å². The second kappa shape index (κ2) is 8.85. The van der Waals surface area contributed by atoms with E-state index in [0.29, 0.717) is 33.8 Å². The highest BCUT2D eigenvalue weighted by Gasteiger charge is 2.20. The monoisotopic (exact) mass is 504 g/mol. The van der Waals surface area contributed by atoms with Crippen LogP contribution in [0.1, 0.15) is 36.7 Å². The quantitative estimate of drug-likeness (QED) is 0.264. The van der Waals surface area contributed by atoms with Gasteiger partial charge in [0, 0.05) is 22.8 Å². The standard InChI is InChI=1S/C30H24N4O4/c1-30(2,3)19-10-13-25-23(15-19)33-28(37-25)22-16-31-34-26(22)17-8-11-20(12-9-17)32-27(35)21-14-18-6-4-5-7-24(18)38-29(21)36/h4-16H,1-3H3,(H,31,34)(H,32,35). The van der Waals surface area contributed by atoms with Crippen LogP contribution >= 0.6 is 0 Å². The van der Waals surface area contributed by atoms with Crippen molar-refractivity contribution in [3.8, 4) is 22.7 Å². The van der Waals surface area contributed by atoms with Gasteiger partial charge >= 0.3 is 5.63 Å². The van der Waals surface area contributed by atoms with Crippen LogP contribution in [0.4, 0.5) is 5.69 Å². The van der Waals surface area contributed by atoms with Crippen LogP contribution in [0.2, 0.25) is 0 Å². The molecule has 0 bridgehead atoms. The molecule has 188 valence electrons. The summed E-state index contributed by atoms with van der Waals surface area (Å²) in [7, 11) is 0. The van der Waals surface area contributed by atoms with E-state index in [1.54, 1.807) is 36.5 Å². The van der Waals surface area contributed by atoms with Gasteiger partial charge in [-0.1, -0.05) is 57.2 Å². The normalized spacial score (nSPS) is 11.8. The third kappa shape index (κ3) is 4.26. The minimum absolute atomic E-state index is 0.00356. The Morgan fingerprint density at radius 3 is 2.50 bits per heavy atom. The molecule has 0 fully saturated rings. The summed E-state index contributed by atoms with van der Waals surface area (Å²) < 4.78 is 11.3. The van der Waals surface area contributed by atoms with E-state index in [-0.39, 0.29) is 11.0 Å². The Balaban J connectivity index is 1.26. The first kappa shape index (κ1) is 23.4. The molecule has 0 aliphatic heterocycles. The van der Waals surface area contributed by atoms with E-state index in [4.69, 9.17) is 13.8 Å². The number of nitrogens with zero attached hydrogens (tertiary/aromatic N) is 2. The van der Waals surface area contributed by atoms with Crippen LogP contribution in [-0.2, 0) is 5.41 Å². The zero-order chi connectivity index (χ0) is 26.4. The maximum absolute atomic E-state index is 12.8. The van der Waals surface area contributed by atoms with E-state index in [2.05, 4.69) is 48.4 Å². The largest absolute Gasteiger partial charge is 0.436 e.